The molecule has 0 saturated heterocycles. The zero-order chi connectivity index (χ0) is 12.9. The monoisotopic (exact) mass is 242 g/mol. The fourth-order valence-electron chi connectivity index (χ4n) is 1.81. The fraction of sp³-hybridized carbons (Fsp3) is 0.833. The first-order valence-corrected chi connectivity index (χ1v) is 6.21. The fourth-order valence-corrected chi connectivity index (χ4v) is 1.81. The maximum Gasteiger partial charge on any atom is 0.323 e. The number of amides is 1. The molecule has 0 atom stereocenters. The van der Waals surface area contributed by atoms with E-state index in [9.17, 15) is 9.59 Å². The van der Waals surface area contributed by atoms with Crippen molar-refractivity contribution in [3.05, 3.63) is 0 Å². The average molecular weight is 242 g/mol. The molecule has 0 spiro atoms. The zero-order valence-corrected chi connectivity index (χ0v) is 10.6. The van der Waals surface area contributed by atoms with Gasteiger partial charge in [0.05, 0.1) is 6.54 Å². The van der Waals surface area contributed by atoms with Gasteiger partial charge in [0.2, 0.25) is 5.91 Å². The highest BCUT2D eigenvalue weighted by Crippen LogP contribution is 2.31. The van der Waals surface area contributed by atoms with Crippen LogP contribution in [0.4, 0.5) is 0 Å². The maximum atomic E-state index is 11.5. The number of carbonyl (C=O) groups excluding carboxylic acids is 1. The molecule has 0 aliphatic heterocycles. The Balaban J connectivity index is 2.21. The standard InChI is InChI=1S/C12H22N2O3/c1-9(2)4-7-13-10(15)8-14-12(11(16)17)5-3-6-12/h9,14H,3-8H2,1-2H3,(H,13,15)(H,16,17). The van der Waals surface area contributed by atoms with E-state index in [1.54, 1.807) is 0 Å². The summed E-state index contributed by atoms with van der Waals surface area (Å²) in [6.45, 7) is 4.93. The van der Waals surface area contributed by atoms with Crippen molar-refractivity contribution in [3.8, 4) is 0 Å². The van der Waals surface area contributed by atoms with Gasteiger partial charge in [-0.25, -0.2) is 0 Å². The molecule has 0 aromatic heterocycles. The van der Waals surface area contributed by atoms with Crippen LogP contribution in [0, 0.1) is 5.92 Å². The van der Waals surface area contributed by atoms with E-state index in [1.807, 2.05) is 0 Å². The molecule has 0 aromatic rings. The van der Waals surface area contributed by atoms with Gasteiger partial charge in [-0.3, -0.25) is 14.9 Å². The van der Waals surface area contributed by atoms with Crippen molar-refractivity contribution in [2.75, 3.05) is 13.1 Å². The maximum absolute atomic E-state index is 11.5. The molecule has 0 aromatic carbocycles. The van der Waals surface area contributed by atoms with Crippen LogP contribution in [0.5, 0.6) is 0 Å². The molecule has 1 fully saturated rings. The molecule has 1 amide bonds. The molecule has 1 aliphatic carbocycles. The van der Waals surface area contributed by atoms with Gasteiger partial charge in [0.1, 0.15) is 5.54 Å². The Morgan fingerprint density at radius 1 is 1.35 bits per heavy atom. The predicted molar refractivity (Wildman–Crippen MR) is 64.7 cm³/mol. The zero-order valence-electron chi connectivity index (χ0n) is 10.6. The summed E-state index contributed by atoms with van der Waals surface area (Å²) in [6, 6.07) is 0. The number of carboxylic acids is 1. The minimum Gasteiger partial charge on any atom is -0.480 e. The third-order valence-corrected chi connectivity index (χ3v) is 3.25. The molecule has 1 saturated carbocycles. The van der Waals surface area contributed by atoms with Gasteiger partial charge in [0.15, 0.2) is 0 Å². The molecule has 0 unspecified atom stereocenters. The third-order valence-electron chi connectivity index (χ3n) is 3.25. The van der Waals surface area contributed by atoms with Crippen LogP contribution >= 0.6 is 0 Å². The minimum atomic E-state index is -0.852. The van der Waals surface area contributed by atoms with Crippen molar-refractivity contribution in [1.82, 2.24) is 10.6 Å². The summed E-state index contributed by atoms with van der Waals surface area (Å²) >= 11 is 0. The Kier molecular flexibility index (Phi) is 4.93. The van der Waals surface area contributed by atoms with Crippen molar-refractivity contribution < 1.29 is 14.7 Å². The largest absolute Gasteiger partial charge is 0.480 e. The van der Waals surface area contributed by atoms with Crippen LogP contribution in [0.1, 0.15) is 39.5 Å². The van der Waals surface area contributed by atoms with Gasteiger partial charge >= 0.3 is 5.97 Å². The first-order valence-electron chi connectivity index (χ1n) is 6.21. The minimum absolute atomic E-state index is 0.0877. The summed E-state index contributed by atoms with van der Waals surface area (Å²) in [5.41, 5.74) is -0.852. The smallest absolute Gasteiger partial charge is 0.323 e. The van der Waals surface area contributed by atoms with Crippen LogP contribution in [0.25, 0.3) is 0 Å². The molecule has 0 heterocycles. The van der Waals surface area contributed by atoms with Crippen molar-refractivity contribution in [2.45, 2.75) is 45.1 Å². The molecule has 0 bridgehead atoms. The highest BCUT2D eigenvalue weighted by atomic mass is 16.4. The van der Waals surface area contributed by atoms with Crippen molar-refractivity contribution in [1.29, 1.82) is 0 Å². The first kappa shape index (κ1) is 14.0. The normalized spacial score (nSPS) is 17.6. The van der Waals surface area contributed by atoms with Crippen LogP contribution < -0.4 is 10.6 Å². The van der Waals surface area contributed by atoms with E-state index in [1.165, 1.54) is 0 Å². The molecule has 98 valence electrons. The highest BCUT2D eigenvalue weighted by molar-refractivity contribution is 5.82. The van der Waals surface area contributed by atoms with E-state index < -0.39 is 11.5 Å². The van der Waals surface area contributed by atoms with Crippen LogP contribution in [-0.2, 0) is 9.59 Å². The quantitative estimate of drug-likeness (QED) is 0.615. The molecular weight excluding hydrogens is 220 g/mol. The summed E-state index contributed by atoms with van der Waals surface area (Å²) < 4.78 is 0. The second-order valence-corrected chi connectivity index (χ2v) is 5.13. The average Bonchev–Trinajstić information content (AvgIpc) is 2.14. The van der Waals surface area contributed by atoms with Crippen molar-refractivity contribution in [2.24, 2.45) is 5.92 Å². The second-order valence-electron chi connectivity index (χ2n) is 5.13. The van der Waals surface area contributed by atoms with Gasteiger partial charge in [-0.15, -0.1) is 0 Å². The van der Waals surface area contributed by atoms with Gasteiger partial charge < -0.3 is 10.4 Å². The lowest BCUT2D eigenvalue weighted by atomic mass is 9.77. The van der Waals surface area contributed by atoms with Crippen LogP contribution in [0.3, 0.4) is 0 Å². The summed E-state index contributed by atoms with van der Waals surface area (Å²) in [7, 11) is 0. The summed E-state index contributed by atoms with van der Waals surface area (Å²) in [5, 5.41) is 14.7. The molecule has 5 heteroatoms. The third kappa shape index (κ3) is 4.00. The number of rotatable bonds is 7. The number of nitrogens with one attached hydrogen (secondary N) is 2. The molecule has 3 N–H and O–H groups in total. The van der Waals surface area contributed by atoms with Crippen LogP contribution in [0.2, 0.25) is 0 Å². The van der Waals surface area contributed by atoms with Gasteiger partial charge in [-0.1, -0.05) is 13.8 Å². The summed E-state index contributed by atoms with van der Waals surface area (Å²) in [4.78, 5) is 22.5. The van der Waals surface area contributed by atoms with E-state index in [2.05, 4.69) is 24.5 Å². The second kappa shape index (κ2) is 6.00. The van der Waals surface area contributed by atoms with Crippen molar-refractivity contribution >= 4 is 11.9 Å². The molecule has 5 nitrogen and oxygen atoms in total. The topological polar surface area (TPSA) is 78.4 Å². The number of carbonyl (C=O) groups is 2. The summed E-state index contributed by atoms with van der Waals surface area (Å²) in [5.74, 6) is -0.419. The molecular formula is C12H22N2O3. The Labute approximate surface area is 102 Å². The van der Waals surface area contributed by atoms with Gasteiger partial charge in [-0.2, -0.15) is 0 Å². The Morgan fingerprint density at radius 3 is 2.41 bits per heavy atom. The van der Waals surface area contributed by atoms with E-state index in [0.29, 0.717) is 25.3 Å². The van der Waals surface area contributed by atoms with Gasteiger partial charge in [-0.05, 0) is 31.6 Å². The highest BCUT2D eigenvalue weighted by Gasteiger charge is 2.44. The van der Waals surface area contributed by atoms with E-state index in [-0.39, 0.29) is 12.5 Å². The lowest BCUT2D eigenvalue weighted by Crippen LogP contribution is -2.59. The lowest BCUT2D eigenvalue weighted by molar-refractivity contribution is -0.148. The van der Waals surface area contributed by atoms with E-state index in [4.69, 9.17) is 5.11 Å². The van der Waals surface area contributed by atoms with Crippen LogP contribution in [0.15, 0.2) is 0 Å². The van der Waals surface area contributed by atoms with E-state index >= 15 is 0 Å². The van der Waals surface area contributed by atoms with Gasteiger partial charge in [0.25, 0.3) is 0 Å². The molecule has 1 rings (SSSR count). The van der Waals surface area contributed by atoms with Gasteiger partial charge in [0, 0.05) is 6.54 Å². The summed E-state index contributed by atoms with van der Waals surface area (Å²) in [6.07, 6.45) is 3.08. The number of aliphatic carboxylic acids is 1. The number of hydrogen-bond acceptors (Lipinski definition) is 3. The number of carboxylic acid groups (broad SMARTS) is 1. The van der Waals surface area contributed by atoms with Crippen molar-refractivity contribution in [3.63, 3.8) is 0 Å². The first-order chi connectivity index (χ1) is 7.96. The lowest BCUT2D eigenvalue weighted by Gasteiger charge is -2.38. The SMILES string of the molecule is CC(C)CCNC(=O)CNC1(C(=O)O)CCC1. The molecule has 17 heavy (non-hydrogen) atoms. The Bertz CT molecular complexity index is 285. The predicted octanol–water partition coefficient (Wildman–Crippen LogP) is 0.746. The number of hydrogen-bond donors (Lipinski definition) is 3. The molecule has 1 aliphatic rings. The van der Waals surface area contributed by atoms with Crippen LogP contribution in [-0.4, -0.2) is 35.6 Å². The Morgan fingerprint density at radius 2 is 2.00 bits per heavy atom. The molecule has 0 radical (unpaired) electrons. The Hall–Kier alpha value is -1.10. The van der Waals surface area contributed by atoms with E-state index in [0.717, 1.165) is 12.8 Å².